The third-order valence-electron chi connectivity index (χ3n) is 2.97. The van der Waals surface area contributed by atoms with Gasteiger partial charge < -0.3 is 5.32 Å². The first-order valence-corrected chi connectivity index (χ1v) is 6.66. The summed E-state index contributed by atoms with van der Waals surface area (Å²) in [6.45, 7) is 3.98. The number of amidine groups is 1. The molecule has 0 bridgehead atoms. The molecule has 17 heavy (non-hydrogen) atoms. The maximum atomic E-state index is 4.50. The average molecular weight is 242 g/mol. The molecule has 1 aromatic heterocycles. The lowest BCUT2D eigenvalue weighted by atomic mass is 10.0. The monoisotopic (exact) mass is 242 g/mol. The van der Waals surface area contributed by atoms with Crippen LogP contribution in [0, 0.1) is 6.92 Å². The van der Waals surface area contributed by atoms with Gasteiger partial charge in [0.2, 0.25) is 0 Å². The minimum Gasteiger partial charge on any atom is -0.368 e. The molecule has 1 aromatic carbocycles. The maximum Gasteiger partial charge on any atom is 0.128 e. The van der Waals surface area contributed by atoms with Crippen LogP contribution in [0.5, 0.6) is 0 Å². The first kappa shape index (κ1) is 10.5. The molecule has 0 fully saturated rings. The number of hydrogen-bond acceptors (Lipinski definition) is 3. The molecular formula is C14H14N2S. The summed E-state index contributed by atoms with van der Waals surface area (Å²) in [6.07, 6.45) is 0. The number of nitrogens with zero attached hydrogens (tertiary/aromatic N) is 1. The highest BCUT2D eigenvalue weighted by atomic mass is 32.1. The van der Waals surface area contributed by atoms with Crippen molar-refractivity contribution in [3.63, 3.8) is 0 Å². The first-order valence-electron chi connectivity index (χ1n) is 5.78. The van der Waals surface area contributed by atoms with Crippen LogP contribution in [0.2, 0.25) is 0 Å². The average Bonchev–Trinajstić information content (AvgIpc) is 3.03. The summed E-state index contributed by atoms with van der Waals surface area (Å²) in [5.74, 6) is 1.04. The van der Waals surface area contributed by atoms with E-state index >= 15 is 0 Å². The highest BCUT2D eigenvalue weighted by Gasteiger charge is 2.11. The number of nitrogens with one attached hydrogen (secondary N) is 1. The van der Waals surface area contributed by atoms with Gasteiger partial charge in [0.05, 0.1) is 6.54 Å². The maximum absolute atomic E-state index is 4.50. The van der Waals surface area contributed by atoms with Gasteiger partial charge in [0, 0.05) is 17.0 Å². The van der Waals surface area contributed by atoms with E-state index in [9.17, 15) is 0 Å². The molecule has 0 saturated carbocycles. The number of thiophene rings is 1. The van der Waals surface area contributed by atoms with Gasteiger partial charge in [-0.05, 0) is 35.6 Å². The molecule has 1 N–H and O–H groups in total. The smallest absolute Gasteiger partial charge is 0.128 e. The molecule has 0 radical (unpaired) electrons. The first-order chi connectivity index (χ1) is 8.34. The zero-order chi connectivity index (χ0) is 11.7. The molecule has 0 spiro atoms. The predicted molar refractivity (Wildman–Crippen MR) is 73.9 cm³/mol. The molecular weight excluding hydrogens is 228 g/mol. The summed E-state index contributed by atoms with van der Waals surface area (Å²) < 4.78 is 0. The van der Waals surface area contributed by atoms with Gasteiger partial charge in [-0.2, -0.15) is 0 Å². The van der Waals surface area contributed by atoms with Crippen LogP contribution in [0.25, 0.3) is 10.4 Å². The van der Waals surface area contributed by atoms with Gasteiger partial charge in [0.25, 0.3) is 0 Å². The minimum atomic E-state index is 0.887. The Morgan fingerprint density at radius 3 is 2.94 bits per heavy atom. The lowest BCUT2D eigenvalue weighted by Crippen LogP contribution is -2.20. The van der Waals surface area contributed by atoms with E-state index in [1.807, 2.05) is 0 Å². The summed E-state index contributed by atoms with van der Waals surface area (Å²) >= 11 is 1.77. The summed E-state index contributed by atoms with van der Waals surface area (Å²) in [5, 5.41) is 5.45. The van der Waals surface area contributed by atoms with Crippen molar-refractivity contribution < 1.29 is 0 Å². The highest BCUT2D eigenvalue weighted by Crippen LogP contribution is 2.26. The van der Waals surface area contributed by atoms with Crippen LogP contribution in [-0.2, 0) is 0 Å². The second kappa shape index (κ2) is 4.34. The van der Waals surface area contributed by atoms with Crippen molar-refractivity contribution in [2.24, 2.45) is 4.99 Å². The Balaban J connectivity index is 2.06. The van der Waals surface area contributed by atoms with Crippen LogP contribution in [-0.4, -0.2) is 18.9 Å². The van der Waals surface area contributed by atoms with Gasteiger partial charge in [-0.1, -0.05) is 18.2 Å². The summed E-state index contributed by atoms with van der Waals surface area (Å²) in [7, 11) is 0. The highest BCUT2D eigenvalue weighted by molar-refractivity contribution is 7.13. The van der Waals surface area contributed by atoms with E-state index in [0.717, 1.165) is 18.9 Å². The zero-order valence-corrected chi connectivity index (χ0v) is 10.6. The Morgan fingerprint density at radius 1 is 1.29 bits per heavy atom. The Labute approximate surface area is 105 Å². The largest absolute Gasteiger partial charge is 0.368 e. The molecule has 1 aliphatic heterocycles. The number of aryl methyl sites for hydroxylation is 1. The number of aliphatic imine (C=N–C) groups is 1. The van der Waals surface area contributed by atoms with Gasteiger partial charge in [-0.25, -0.2) is 0 Å². The molecule has 0 amide bonds. The lowest BCUT2D eigenvalue weighted by molar-refractivity contribution is 0.959. The van der Waals surface area contributed by atoms with Crippen LogP contribution in [0.3, 0.4) is 0 Å². The Kier molecular flexibility index (Phi) is 2.69. The molecule has 0 saturated heterocycles. The Morgan fingerprint density at radius 2 is 2.24 bits per heavy atom. The van der Waals surface area contributed by atoms with Gasteiger partial charge in [0.1, 0.15) is 5.84 Å². The van der Waals surface area contributed by atoms with Crippen LogP contribution in [0.15, 0.2) is 40.7 Å². The summed E-state index contributed by atoms with van der Waals surface area (Å²) in [5.41, 5.74) is 3.78. The molecule has 3 heteroatoms. The molecule has 0 atom stereocenters. The molecule has 2 nitrogen and oxygen atoms in total. The zero-order valence-electron chi connectivity index (χ0n) is 9.73. The van der Waals surface area contributed by atoms with E-state index in [2.05, 4.69) is 52.9 Å². The third-order valence-corrected chi connectivity index (χ3v) is 3.89. The van der Waals surface area contributed by atoms with Gasteiger partial charge in [-0.15, -0.1) is 11.3 Å². The van der Waals surface area contributed by atoms with Crippen LogP contribution in [0.1, 0.15) is 11.1 Å². The fourth-order valence-electron chi connectivity index (χ4n) is 2.05. The quantitative estimate of drug-likeness (QED) is 0.860. The lowest BCUT2D eigenvalue weighted by Gasteiger charge is -2.08. The van der Waals surface area contributed by atoms with Crippen molar-refractivity contribution in [3.8, 4) is 10.4 Å². The second-order valence-electron chi connectivity index (χ2n) is 4.16. The van der Waals surface area contributed by atoms with E-state index in [-0.39, 0.29) is 0 Å². The number of rotatable bonds is 2. The molecule has 0 aliphatic carbocycles. The van der Waals surface area contributed by atoms with Crippen molar-refractivity contribution >= 4 is 17.2 Å². The molecule has 1 aliphatic rings. The molecule has 0 unspecified atom stereocenters. The van der Waals surface area contributed by atoms with Crippen LogP contribution < -0.4 is 5.32 Å². The van der Waals surface area contributed by atoms with E-state index in [1.165, 1.54) is 21.6 Å². The van der Waals surface area contributed by atoms with Crippen molar-refractivity contribution in [2.45, 2.75) is 6.92 Å². The molecule has 2 heterocycles. The summed E-state index contributed by atoms with van der Waals surface area (Å²) in [6, 6.07) is 10.8. The topological polar surface area (TPSA) is 24.4 Å². The normalized spacial score (nSPS) is 14.5. The number of benzene rings is 1. The van der Waals surface area contributed by atoms with E-state index < -0.39 is 0 Å². The van der Waals surface area contributed by atoms with E-state index in [4.69, 9.17) is 0 Å². The summed E-state index contributed by atoms with van der Waals surface area (Å²) in [4.78, 5) is 5.81. The van der Waals surface area contributed by atoms with Gasteiger partial charge in [0.15, 0.2) is 0 Å². The fourth-order valence-corrected chi connectivity index (χ4v) is 2.78. The minimum absolute atomic E-state index is 0.887. The third kappa shape index (κ3) is 1.98. The second-order valence-corrected chi connectivity index (χ2v) is 5.11. The molecule has 3 rings (SSSR count). The Bertz CT molecular complexity index is 556. The SMILES string of the molecule is Cc1ccc(-c2cccs2)cc1C1=NCCN1. The van der Waals surface area contributed by atoms with Crippen molar-refractivity contribution in [1.29, 1.82) is 0 Å². The predicted octanol–water partition coefficient (Wildman–Crippen LogP) is 3.07. The van der Waals surface area contributed by atoms with Gasteiger partial charge in [-0.3, -0.25) is 4.99 Å². The number of hydrogen-bond donors (Lipinski definition) is 1. The van der Waals surface area contributed by atoms with Crippen molar-refractivity contribution in [1.82, 2.24) is 5.32 Å². The van der Waals surface area contributed by atoms with Crippen molar-refractivity contribution in [2.75, 3.05) is 13.1 Å². The Hall–Kier alpha value is -1.61. The van der Waals surface area contributed by atoms with E-state index in [0.29, 0.717) is 0 Å². The fraction of sp³-hybridized carbons (Fsp3) is 0.214. The van der Waals surface area contributed by atoms with Crippen LogP contribution >= 0.6 is 11.3 Å². The van der Waals surface area contributed by atoms with Gasteiger partial charge >= 0.3 is 0 Å². The molecule has 86 valence electrons. The standard InChI is InChI=1S/C14H14N2S/c1-10-4-5-11(13-3-2-8-17-13)9-12(10)14-15-6-7-16-14/h2-5,8-9H,6-7H2,1H3,(H,15,16). The van der Waals surface area contributed by atoms with Crippen molar-refractivity contribution in [3.05, 3.63) is 46.8 Å². The van der Waals surface area contributed by atoms with Crippen LogP contribution in [0.4, 0.5) is 0 Å². The van der Waals surface area contributed by atoms with E-state index in [1.54, 1.807) is 11.3 Å². The molecule has 2 aromatic rings.